The van der Waals surface area contributed by atoms with E-state index >= 15 is 0 Å². The quantitative estimate of drug-likeness (QED) is 0.781. The zero-order chi connectivity index (χ0) is 13.0. The van der Waals surface area contributed by atoms with E-state index in [0.717, 1.165) is 24.9 Å². The Morgan fingerprint density at radius 1 is 1.44 bits per heavy atom. The van der Waals surface area contributed by atoms with Crippen molar-refractivity contribution in [2.45, 2.75) is 30.7 Å². The summed E-state index contributed by atoms with van der Waals surface area (Å²) >= 11 is 3.65. The van der Waals surface area contributed by atoms with Gasteiger partial charge in [-0.3, -0.25) is 0 Å². The standard InChI is InChI=1S/C14H18BrNO2/c1-14(15)8-5-9-16(11-14)13(17)18-10-12-6-3-2-4-7-12/h2-4,6-7H,5,8-11H2,1H3/t14-/m1/s1. The molecule has 0 aromatic heterocycles. The summed E-state index contributed by atoms with van der Waals surface area (Å²) in [5.41, 5.74) is 1.02. The summed E-state index contributed by atoms with van der Waals surface area (Å²) in [7, 11) is 0. The lowest BCUT2D eigenvalue weighted by molar-refractivity contribution is 0.0850. The number of ether oxygens (including phenoxy) is 1. The van der Waals surface area contributed by atoms with E-state index < -0.39 is 0 Å². The first-order valence-electron chi connectivity index (χ1n) is 6.21. The van der Waals surface area contributed by atoms with Crippen LogP contribution in [0, 0.1) is 0 Å². The van der Waals surface area contributed by atoms with Crippen molar-refractivity contribution in [2.24, 2.45) is 0 Å². The number of likely N-dealkylation sites (tertiary alicyclic amines) is 1. The third-order valence-corrected chi connectivity index (χ3v) is 3.76. The molecule has 98 valence electrons. The second-order valence-electron chi connectivity index (χ2n) is 4.98. The number of nitrogens with zero attached hydrogens (tertiary/aromatic N) is 1. The van der Waals surface area contributed by atoms with E-state index in [-0.39, 0.29) is 10.4 Å². The van der Waals surface area contributed by atoms with E-state index in [1.807, 2.05) is 30.3 Å². The third-order valence-electron chi connectivity index (χ3n) is 3.11. The van der Waals surface area contributed by atoms with Crippen molar-refractivity contribution in [3.8, 4) is 0 Å². The van der Waals surface area contributed by atoms with Crippen LogP contribution in [0.4, 0.5) is 4.79 Å². The van der Waals surface area contributed by atoms with Crippen LogP contribution < -0.4 is 0 Å². The van der Waals surface area contributed by atoms with Gasteiger partial charge in [-0.25, -0.2) is 4.79 Å². The molecule has 0 radical (unpaired) electrons. The van der Waals surface area contributed by atoms with Gasteiger partial charge in [-0.05, 0) is 25.3 Å². The molecule has 1 aliphatic rings. The summed E-state index contributed by atoms with van der Waals surface area (Å²) in [5, 5.41) is 0. The molecule has 0 spiro atoms. The van der Waals surface area contributed by atoms with Gasteiger partial charge in [-0.15, -0.1) is 0 Å². The Morgan fingerprint density at radius 3 is 2.83 bits per heavy atom. The Bertz CT molecular complexity index is 406. The van der Waals surface area contributed by atoms with E-state index in [1.165, 1.54) is 0 Å². The molecule has 0 unspecified atom stereocenters. The van der Waals surface area contributed by atoms with Gasteiger partial charge in [0.1, 0.15) is 6.61 Å². The van der Waals surface area contributed by atoms with Crippen LogP contribution in [0.3, 0.4) is 0 Å². The molecule has 1 fully saturated rings. The zero-order valence-electron chi connectivity index (χ0n) is 10.6. The normalized spacial score (nSPS) is 23.8. The highest BCUT2D eigenvalue weighted by Gasteiger charge is 2.31. The van der Waals surface area contributed by atoms with Crippen LogP contribution in [0.5, 0.6) is 0 Å². The van der Waals surface area contributed by atoms with Crippen molar-refractivity contribution in [1.29, 1.82) is 0 Å². The number of benzene rings is 1. The van der Waals surface area contributed by atoms with Gasteiger partial charge in [-0.1, -0.05) is 46.3 Å². The molecule has 1 heterocycles. The predicted octanol–water partition coefficient (Wildman–Crippen LogP) is 3.57. The molecule has 0 saturated carbocycles. The number of hydrogen-bond acceptors (Lipinski definition) is 2. The lowest BCUT2D eigenvalue weighted by Gasteiger charge is -2.35. The molecule has 1 atom stereocenters. The minimum atomic E-state index is -0.218. The van der Waals surface area contributed by atoms with Crippen molar-refractivity contribution < 1.29 is 9.53 Å². The summed E-state index contributed by atoms with van der Waals surface area (Å²) in [6.45, 7) is 3.95. The molecule has 1 aromatic carbocycles. The van der Waals surface area contributed by atoms with Gasteiger partial charge in [-0.2, -0.15) is 0 Å². The first-order chi connectivity index (χ1) is 8.57. The Morgan fingerprint density at radius 2 is 2.17 bits per heavy atom. The van der Waals surface area contributed by atoms with Crippen molar-refractivity contribution in [2.75, 3.05) is 13.1 Å². The van der Waals surface area contributed by atoms with Crippen LogP contribution in [0.1, 0.15) is 25.3 Å². The fraction of sp³-hybridized carbons (Fsp3) is 0.500. The van der Waals surface area contributed by atoms with Crippen LogP contribution in [0.25, 0.3) is 0 Å². The number of halogens is 1. The number of rotatable bonds is 2. The smallest absolute Gasteiger partial charge is 0.410 e. The molecular formula is C14H18BrNO2. The van der Waals surface area contributed by atoms with Gasteiger partial charge in [0.05, 0.1) is 0 Å². The van der Waals surface area contributed by atoms with Crippen molar-refractivity contribution in [1.82, 2.24) is 4.90 Å². The second kappa shape index (κ2) is 5.74. The minimum Gasteiger partial charge on any atom is -0.445 e. The summed E-state index contributed by atoms with van der Waals surface area (Å²) < 4.78 is 5.35. The van der Waals surface area contributed by atoms with Crippen molar-refractivity contribution >= 4 is 22.0 Å². The molecule has 0 bridgehead atoms. The van der Waals surface area contributed by atoms with Gasteiger partial charge >= 0.3 is 6.09 Å². The maximum Gasteiger partial charge on any atom is 0.410 e. The average Bonchev–Trinajstić information content (AvgIpc) is 2.36. The van der Waals surface area contributed by atoms with Gasteiger partial charge in [0.15, 0.2) is 0 Å². The maximum absolute atomic E-state index is 11.9. The van der Waals surface area contributed by atoms with Crippen LogP contribution in [0.15, 0.2) is 30.3 Å². The number of hydrogen-bond donors (Lipinski definition) is 0. The topological polar surface area (TPSA) is 29.5 Å². The van der Waals surface area contributed by atoms with E-state index in [1.54, 1.807) is 4.90 Å². The van der Waals surface area contributed by atoms with Crippen LogP contribution in [-0.4, -0.2) is 28.4 Å². The average molecular weight is 312 g/mol. The second-order valence-corrected chi connectivity index (χ2v) is 6.89. The van der Waals surface area contributed by atoms with Gasteiger partial charge in [0.25, 0.3) is 0 Å². The highest BCUT2D eigenvalue weighted by Crippen LogP contribution is 2.29. The van der Waals surface area contributed by atoms with E-state index in [2.05, 4.69) is 22.9 Å². The summed E-state index contributed by atoms with van der Waals surface area (Å²) in [6, 6.07) is 9.75. The molecule has 1 saturated heterocycles. The summed E-state index contributed by atoms with van der Waals surface area (Å²) in [6.07, 6.45) is 1.89. The van der Waals surface area contributed by atoms with Gasteiger partial charge in [0, 0.05) is 17.4 Å². The number of alkyl halides is 1. The first-order valence-corrected chi connectivity index (χ1v) is 7.01. The Balaban J connectivity index is 1.85. The molecule has 4 heteroatoms. The van der Waals surface area contributed by atoms with E-state index in [0.29, 0.717) is 13.2 Å². The van der Waals surface area contributed by atoms with Crippen LogP contribution in [-0.2, 0) is 11.3 Å². The molecule has 0 aliphatic carbocycles. The van der Waals surface area contributed by atoms with Gasteiger partial charge < -0.3 is 9.64 Å². The monoisotopic (exact) mass is 311 g/mol. The van der Waals surface area contributed by atoms with Crippen molar-refractivity contribution in [3.63, 3.8) is 0 Å². The summed E-state index contributed by atoms with van der Waals surface area (Å²) in [5.74, 6) is 0. The number of carbonyl (C=O) groups excluding carboxylic acids is 1. The molecule has 1 aromatic rings. The van der Waals surface area contributed by atoms with Crippen LogP contribution in [0.2, 0.25) is 0 Å². The van der Waals surface area contributed by atoms with E-state index in [4.69, 9.17) is 4.74 Å². The van der Waals surface area contributed by atoms with Crippen molar-refractivity contribution in [3.05, 3.63) is 35.9 Å². The molecule has 1 amide bonds. The fourth-order valence-corrected chi connectivity index (χ4v) is 2.74. The first kappa shape index (κ1) is 13.4. The lowest BCUT2D eigenvalue weighted by atomic mass is 10.0. The third kappa shape index (κ3) is 3.73. The zero-order valence-corrected chi connectivity index (χ0v) is 12.1. The Hall–Kier alpha value is -1.03. The molecule has 2 rings (SSSR count). The number of carbonyl (C=O) groups is 1. The minimum absolute atomic E-state index is 0.0248. The molecule has 18 heavy (non-hydrogen) atoms. The molecular weight excluding hydrogens is 294 g/mol. The maximum atomic E-state index is 11.9. The van der Waals surface area contributed by atoms with Gasteiger partial charge in [0.2, 0.25) is 0 Å². The largest absolute Gasteiger partial charge is 0.445 e. The fourth-order valence-electron chi connectivity index (χ4n) is 2.16. The molecule has 3 nitrogen and oxygen atoms in total. The summed E-state index contributed by atoms with van der Waals surface area (Å²) in [4.78, 5) is 13.7. The highest BCUT2D eigenvalue weighted by atomic mass is 79.9. The van der Waals surface area contributed by atoms with Crippen LogP contribution >= 0.6 is 15.9 Å². The number of amides is 1. The SMILES string of the molecule is C[C@@]1(Br)CCCN(C(=O)OCc2ccccc2)C1. The lowest BCUT2D eigenvalue weighted by Crippen LogP contribution is -2.45. The Labute approximate surface area is 116 Å². The molecule has 1 aliphatic heterocycles. The Kier molecular flexibility index (Phi) is 4.27. The molecule has 0 N–H and O–H groups in total. The number of piperidine rings is 1. The van der Waals surface area contributed by atoms with E-state index in [9.17, 15) is 4.79 Å². The predicted molar refractivity (Wildman–Crippen MR) is 74.8 cm³/mol. The highest BCUT2D eigenvalue weighted by molar-refractivity contribution is 9.10.